The van der Waals surface area contributed by atoms with Gasteiger partial charge in [0.2, 0.25) is 5.91 Å². The quantitative estimate of drug-likeness (QED) is 0.690. The van der Waals surface area contributed by atoms with Crippen LogP contribution in [0.5, 0.6) is 11.5 Å². The summed E-state index contributed by atoms with van der Waals surface area (Å²) in [7, 11) is 3.21. The van der Waals surface area contributed by atoms with Gasteiger partial charge >= 0.3 is 0 Å². The molecule has 10 heteroatoms. The lowest BCUT2D eigenvalue weighted by atomic mass is 10.2. The molecule has 0 saturated carbocycles. The van der Waals surface area contributed by atoms with Gasteiger partial charge in [-0.05, 0) is 12.5 Å². The zero-order valence-corrected chi connectivity index (χ0v) is 16.3. The zero-order valence-electron chi connectivity index (χ0n) is 15.5. The molecule has 1 aromatic heterocycles. The average Bonchev–Trinajstić information content (AvgIpc) is 2.96. The van der Waals surface area contributed by atoms with Crippen LogP contribution in [-0.4, -0.2) is 67.7 Å². The molecule has 0 atom stereocenters. The van der Waals surface area contributed by atoms with Crippen LogP contribution in [0.15, 0.2) is 18.5 Å². The Balaban J connectivity index is 1.84. The number of aromatic nitrogens is 2. The second-order valence-corrected chi connectivity index (χ2v) is 6.61. The van der Waals surface area contributed by atoms with Crippen LogP contribution in [0, 0.1) is 0 Å². The van der Waals surface area contributed by atoms with Crippen LogP contribution in [0.1, 0.15) is 6.42 Å². The number of ether oxygens (including phenoxy) is 2. The average molecular weight is 392 g/mol. The molecule has 0 radical (unpaired) electrons. The van der Waals surface area contributed by atoms with Crippen LogP contribution in [0.3, 0.4) is 0 Å². The SMILES string of the molecule is COc1cc2ncnc(N3CCCN(C(=O)CNSN)CC3)c2cc1OC. The smallest absolute Gasteiger partial charge is 0.237 e. The van der Waals surface area contributed by atoms with Crippen molar-refractivity contribution in [3.63, 3.8) is 0 Å². The Labute approximate surface area is 162 Å². The van der Waals surface area contributed by atoms with E-state index in [1.165, 1.54) is 0 Å². The zero-order chi connectivity index (χ0) is 19.2. The molecule has 1 amide bonds. The van der Waals surface area contributed by atoms with Gasteiger partial charge in [-0.1, -0.05) is 0 Å². The minimum absolute atomic E-state index is 0.0498. The summed E-state index contributed by atoms with van der Waals surface area (Å²) in [6.07, 6.45) is 2.42. The van der Waals surface area contributed by atoms with Crippen molar-refractivity contribution < 1.29 is 14.3 Å². The van der Waals surface area contributed by atoms with E-state index in [0.29, 0.717) is 31.1 Å². The normalized spacial score (nSPS) is 14.9. The molecule has 0 bridgehead atoms. The number of benzene rings is 1. The summed E-state index contributed by atoms with van der Waals surface area (Å²) in [5.74, 6) is 2.16. The number of methoxy groups -OCH3 is 2. The van der Waals surface area contributed by atoms with Crippen LogP contribution >= 0.6 is 12.1 Å². The first-order valence-corrected chi connectivity index (χ1v) is 9.54. The van der Waals surface area contributed by atoms with Crippen LogP contribution < -0.4 is 24.2 Å². The number of hydrogen-bond acceptors (Lipinski definition) is 9. The van der Waals surface area contributed by atoms with E-state index in [0.717, 1.165) is 41.8 Å². The number of amides is 1. The van der Waals surface area contributed by atoms with E-state index in [1.807, 2.05) is 17.0 Å². The van der Waals surface area contributed by atoms with Crippen LogP contribution in [0.4, 0.5) is 5.82 Å². The van der Waals surface area contributed by atoms with E-state index in [9.17, 15) is 4.79 Å². The van der Waals surface area contributed by atoms with Crippen molar-refractivity contribution in [2.24, 2.45) is 5.14 Å². The van der Waals surface area contributed by atoms with Gasteiger partial charge in [-0.25, -0.2) is 14.7 Å². The maximum absolute atomic E-state index is 12.2. The summed E-state index contributed by atoms with van der Waals surface area (Å²) in [6, 6.07) is 3.75. The lowest BCUT2D eigenvalue weighted by Crippen LogP contribution is -2.39. The number of rotatable bonds is 6. The van der Waals surface area contributed by atoms with E-state index in [-0.39, 0.29) is 12.5 Å². The Morgan fingerprint density at radius 2 is 1.96 bits per heavy atom. The predicted molar refractivity (Wildman–Crippen MR) is 106 cm³/mol. The van der Waals surface area contributed by atoms with E-state index in [4.69, 9.17) is 14.6 Å². The van der Waals surface area contributed by atoms with Crippen molar-refractivity contribution >= 4 is 34.8 Å². The molecule has 27 heavy (non-hydrogen) atoms. The lowest BCUT2D eigenvalue weighted by molar-refractivity contribution is -0.129. The molecule has 1 aromatic carbocycles. The molecular weight excluding hydrogens is 368 g/mol. The van der Waals surface area contributed by atoms with E-state index in [1.54, 1.807) is 20.5 Å². The molecule has 0 unspecified atom stereocenters. The van der Waals surface area contributed by atoms with Crippen molar-refractivity contribution in [3.8, 4) is 11.5 Å². The van der Waals surface area contributed by atoms with Crippen LogP contribution in [0.2, 0.25) is 0 Å². The molecule has 3 rings (SSSR count). The Kier molecular flexibility index (Phi) is 6.54. The summed E-state index contributed by atoms with van der Waals surface area (Å²) in [6.45, 7) is 3.08. The topological polar surface area (TPSA) is 106 Å². The van der Waals surface area contributed by atoms with Gasteiger partial charge in [-0.2, -0.15) is 0 Å². The molecule has 1 saturated heterocycles. The Hall–Kier alpha value is -2.30. The molecule has 2 aromatic rings. The second kappa shape index (κ2) is 9.07. The molecule has 0 spiro atoms. The van der Waals surface area contributed by atoms with Gasteiger partial charge in [-0.15, -0.1) is 0 Å². The standard InChI is InChI=1S/C17H24N6O3S/c1-25-14-8-12-13(9-15(14)26-2)19-11-20-17(12)23-5-3-4-22(6-7-23)16(24)10-21-27-18/h8-9,11,21H,3-7,10,18H2,1-2H3. The van der Waals surface area contributed by atoms with Gasteiger partial charge in [0.1, 0.15) is 12.1 Å². The molecule has 1 fully saturated rings. The molecule has 9 nitrogen and oxygen atoms in total. The first-order valence-electron chi connectivity index (χ1n) is 8.66. The van der Waals surface area contributed by atoms with Gasteiger partial charge in [0.25, 0.3) is 0 Å². The monoisotopic (exact) mass is 392 g/mol. The number of anilines is 1. The highest BCUT2D eigenvalue weighted by molar-refractivity contribution is 7.95. The van der Waals surface area contributed by atoms with Crippen LogP contribution in [0.25, 0.3) is 10.9 Å². The summed E-state index contributed by atoms with van der Waals surface area (Å²) >= 11 is 0.957. The van der Waals surface area contributed by atoms with Gasteiger partial charge in [0, 0.05) is 49.8 Å². The van der Waals surface area contributed by atoms with Gasteiger partial charge in [0.05, 0.1) is 26.3 Å². The molecule has 3 N–H and O–H groups in total. The van der Waals surface area contributed by atoms with Crippen LogP contribution in [-0.2, 0) is 4.79 Å². The molecule has 2 heterocycles. The van der Waals surface area contributed by atoms with E-state index in [2.05, 4.69) is 19.6 Å². The highest BCUT2D eigenvalue weighted by atomic mass is 32.2. The minimum Gasteiger partial charge on any atom is -0.493 e. The summed E-state index contributed by atoms with van der Waals surface area (Å²) in [5.41, 5.74) is 0.791. The summed E-state index contributed by atoms with van der Waals surface area (Å²) in [4.78, 5) is 25.2. The fourth-order valence-electron chi connectivity index (χ4n) is 3.22. The minimum atomic E-state index is 0.0498. The van der Waals surface area contributed by atoms with Gasteiger partial charge in [0.15, 0.2) is 11.5 Å². The Bertz CT molecular complexity index is 806. The maximum Gasteiger partial charge on any atom is 0.237 e. The third kappa shape index (κ3) is 4.34. The third-order valence-electron chi connectivity index (χ3n) is 4.57. The number of nitrogens with one attached hydrogen (secondary N) is 1. The molecule has 146 valence electrons. The molecule has 1 aliphatic rings. The number of carbonyl (C=O) groups excluding carboxylic acids is 1. The number of nitrogens with two attached hydrogens (primary N) is 1. The van der Waals surface area contributed by atoms with Gasteiger partial charge in [-0.3, -0.25) is 9.93 Å². The first kappa shape index (κ1) is 19.5. The van der Waals surface area contributed by atoms with Crippen molar-refractivity contribution in [2.75, 3.05) is 51.8 Å². The fraction of sp³-hybridized carbons (Fsp3) is 0.471. The maximum atomic E-state index is 12.2. The molecule has 0 aliphatic carbocycles. The van der Waals surface area contributed by atoms with Crippen molar-refractivity contribution in [1.29, 1.82) is 0 Å². The molecular formula is C17H24N6O3S. The fourth-order valence-corrected chi connectivity index (χ4v) is 3.42. The largest absolute Gasteiger partial charge is 0.493 e. The first-order chi connectivity index (χ1) is 13.2. The lowest BCUT2D eigenvalue weighted by Gasteiger charge is -2.24. The van der Waals surface area contributed by atoms with Crippen molar-refractivity contribution in [1.82, 2.24) is 19.6 Å². The number of fused-ring (bicyclic) bond motifs is 1. The van der Waals surface area contributed by atoms with E-state index >= 15 is 0 Å². The van der Waals surface area contributed by atoms with Crippen molar-refractivity contribution in [3.05, 3.63) is 18.5 Å². The van der Waals surface area contributed by atoms with Gasteiger partial charge < -0.3 is 19.3 Å². The van der Waals surface area contributed by atoms with Crippen molar-refractivity contribution in [2.45, 2.75) is 6.42 Å². The number of carbonyl (C=O) groups is 1. The summed E-state index contributed by atoms with van der Waals surface area (Å²) in [5, 5.41) is 6.22. The second-order valence-electron chi connectivity index (χ2n) is 6.08. The number of nitrogens with zero attached hydrogens (tertiary/aromatic N) is 4. The molecule has 1 aliphatic heterocycles. The summed E-state index contributed by atoms with van der Waals surface area (Å²) < 4.78 is 13.6. The Morgan fingerprint density at radius 3 is 2.70 bits per heavy atom. The Morgan fingerprint density at radius 1 is 1.19 bits per heavy atom. The van der Waals surface area contributed by atoms with E-state index < -0.39 is 0 Å². The highest BCUT2D eigenvalue weighted by Crippen LogP contribution is 2.34. The highest BCUT2D eigenvalue weighted by Gasteiger charge is 2.21. The third-order valence-corrected chi connectivity index (χ3v) is 4.89. The number of hydrogen-bond donors (Lipinski definition) is 2. The predicted octanol–water partition coefficient (Wildman–Crippen LogP) is 0.797.